The van der Waals surface area contributed by atoms with Gasteiger partial charge in [0.1, 0.15) is 0 Å². The fourth-order valence-electron chi connectivity index (χ4n) is 3.53. The molecule has 5 nitrogen and oxygen atoms in total. The largest absolute Gasteiger partial charge is 0.378 e. The van der Waals surface area contributed by atoms with Gasteiger partial charge in [0, 0.05) is 26.2 Å². The van der Waals surface area contributed by atoms with E-state index in [1.807, 2.05) is 44.2 Å². The summed E-state index contributed by atoms with van der Waals surface area (Å²) in [5.41, 5.74) is 0.494. The van der Waals surface area contributed by atoms with Gasteiger partial charge in [-0.1, -0.05) is 30.3 Å². The lowest BCUT2D eigenvalue weighted by atomic mass is 9.83. The molecule has 0 saturated carbocycles. The fourth-order valence-corrected chi connectivity index (χ4v) is 3.53. The van der Waals surface area contributed by atoms with E-state index in [9.17, 15) is 4.79 Å². The Labute approximate surface area is 145 Å². The first kappa shape index (κ1) is 17.4. The van der Waals surface area contributed by atoms with Crippen LogP contribution in [0.25, 0.3) is 0 Å². The number of carbonyl (C=O) groups excluding carboxylic acids is 1. The van der Waals surface area contributed by atoms with E-state index in [1.165, 1.54) is 0 Å². The molecule has 0 bridgehead atoms. The van der Waals surface area contributed by atoms with Crippen molar-refractivity contribution in [1.82, 2.24) is 15.1 Å². The standard InChI is InChI=1S/C19H29N3O2/c1-19(2,15-7-5-4-6-8-15)18(23)20-16-13-24-14-17(16)22-11-9-21(3)10-12-22/h4-8,16-17H,9-14H2,1-3H3,(H,20,23)/t16-,17-/m0/s1. The Kier molecular flexibility index (Phi) is 5.23. The van der Waals surface area contributed by atoms with Crippen LogP contribution >= 0.6 is 0 Å². The van der Waals surface area contributed by atoms with Crippen molar-refractivity contribution in [3.63, 3.8) is 0 Å². The van der Waals surface area contributed by atoms with Crippen molar-refractivity contribution in [3.05, 3.63) is 35.9 Å². The molecule has 0 radical (unpaired) electrons. The number of piperazine rings is 1. The van der Waals surface area contributed by atoms with Crippen LogP contribution in [0.3, 0.4) is 0 Å². The molecule has 5 heteroatoms. The summed E-state index contributed by atoms with van der Waals surface area (Å²) in [5, 5.41) is 3.26. The third kappa shape index (κ3) is 3.63. The lowest BCUT2D eigenvalue weighted by Gasteiger charge is -2.38. The molecule has 24 heavy (non-hydrogen) atoms. The van der Waals surface area contributed by atoms with E-state index in [1.54, 1.807) is 0 Å². The van der Waals surface area contributed by atoms with Crippen LogP contribution in [0.2, 0.25) is 0 Å². The Morgan fingerprint density at radius 1 is 1.12 bits per heavy atom. The molecular weight excluding hydrogens is 302 g/mol. The Hall–Kier alpha value is -1.43. The van der Waals surface area contributed by atoms with Gasteiger partial charge < -0.3 is 15.0 Å². The van der Waals surface area contributed by atoms with Crippen LogP contribution in [0, 0.1) is 0 Å². The second-order valence-corrected chi connectivity index (χ2v) is 7.52. The Morgan fingerprint density at radius 2 is 1.79 bits per heavy atom. The highest BCUT2D eigenvalue weighted by Gasteiger charge is 2.38. The average molecular weight is 331 g/mol. The second kappa shape index (κ2) is 7.21. The minimum atomic E-state index is -0.545. The molecule has 3 rings (SSSR count). The van der Waals surface area contributed by atoms with Gasteiger partial charge in [-0.3, -0.25) is 9.69 Å². The summed E-state index contributed by atoms with van der Waals surface area (Å²) < 4.78 is 5.70. The van der Waals surface area contributed by atoms with Crippen molar-refractivity contribution in [1.29, 1.82) is 0 Å². The van der Waals surface area contributed by atoms with Crippen molar-refractivity contribution in [2.45, 2.75) is 31.3 Å². The normalized spacial score (nSPS) is 26.5. The molecule has 0 aliphatic carbocycles. The lowest BCUT2D eigenvalue weighted by molar-refractivity contribution is -0.126. The number of ether oxygens (including phenoxy) is 1. The van der Waals surface area contributed by atoms with Gasteiger partial charge in [-0.25, -0.2) is 0 Å². The van der Waals surface area contributed by atoms with Crippen LogP contribution in [-0.4, -0.2) is 74.2 Å². The van der Waals surface area contributed by atoms with Crippen LogP contribution in [0.5, 0.6) is 0 Å². The summed E-state index contributed by atoms with van der Waals surface area (Å²) in [6.07, 6.45) is 0. The quantitative estimate of drug-likeness (QED) is 0.897. The van der Waals surface area contributed by atoms with Crippen molar-refractivity contribution in [2.24, 2.45) is 0 Å². The molecule has 2 atom stereocenters. The molecule has 0 spiro atoms. The highest BCUT2D eigenvalue weighted by atomic mass is 16.5. The van der Waals surface area contributed by atoms with Crippen LogP contribution in [0.4, 0.5) is 0 Å². The summed E-state index contributed by atoms with van der Waals surface area (Å²) in [6, 6.07) is 10.3. The minimum absolute atomic E-state index is 0.0725. The molecule has 2 saturated heterocycles. The maximum atomic E-state index is 12.9. The Balaban J connectivity index is 1.65. The van der Waals surface area contributed by atoms with Crippen LogP contribution in [-0.2, 0) is 14.9 Å². The van der Waals surface area contributed by atoms with E-state index in [-0.39, 0.29) is 18.0 Å². The topological polar surface area (TPSA) is 44.8 Å². The number of nitrogens with zero attached hydrogens (tertiary/aromatic N) is 2. The molecule has 0 aromatic heterocycles. The summed E-state index contributed by atoms with van der Waals surface area (Å²) >= 11 is 0. The number of rotatable bonds is 4. The molecule has 2 heterocycles. The molecule has 1 amide bonds. The zero-order valence-corrected chi connectivity index (χ0v) is 15.0. The molecule has 1 N–H and O–H groups in total. The molecule has 2 fully saturated rings. The van der Waals surface area contributed by atoms with Crippen LogP contribution in [0.1, 0.15) is 19.4 Å². The van der Waals surface area contributed by atoms with Gasteiger partial charge in [0.25, 0.3) is 0 Å². The van der Waals surface area contributed by atoms with Crippen molar-refractivity contribution in [3.8, 4) is 0 Å². The predicted octanol–water partition coefficient (Wildman–Crippen LogP) is 1.10. The summed E-state index contributed by atoms with van der Waals surface area (Å²) in [4.78, 5) is 17.7. The molecule has 132 valence electrons. The van der Waals surface area contributed by atoms with Crippen molar-refractivity contribution >= 4 is 5.91 Å². The van der Waals surface area contributed by atoms with Gasteiger partial charge in [0.2, 0.25) is 5.91 Å². The summed E-state index contributed by atoms with van der Waals surface area (Å²) in [7, 11) is 2.16. The van der Waals surface area contributed by atoms with Gasteiger partial charge in [0.15, 0.2) is 0 Å². The number of amides is 1. The van der Waals surface area contributed by atoms with Crippen molar-refractivity contribution in [2.75, 3.05) is 46.4 Å². The first-order valence-corrected chi connectivity index (χ1v) is 8.85. The van der Waals surface area contributed by atoms with Crippen molar-refractivity contribution < 1.29 is 9.53 Å². The minimum Gasteiger partial charge on any atom is -0.378 e. The first-order chi connectivity index (χ1) is 11.5. The van der Waals surface area contributed by atoms with Gasteiger partial charge in [0.05, 0.1) is 30.7 Å². The molecule has 0 unspecified atom stereocenters. The third-order valence-electron chi connectivity index (χ3n) is 5.44. The monoisotopic (exact) mass is 331 g/mol. The Bertz CT molecular complexity index is 553. The number of likely N-dealkylation sites (N-methyl/N-ethyl adjacent to an activating group) is 1. The van der Waals surface area contributed by atoms with Gasteiger partial charge in [-0.05, 0) is 26.5 Å². The molecular formula is C19H29N3O2. The van der Waals surface area contributed by atoms with E-state index in [0.717, 1.165) is 31.7 Å². The smallest absolute Gasteiger partial charge is 0.230 e. The second-order valence-electron chi connectivity index (χ2n) is 7.52. The van der Waals surface area contributed by atoms with Gasteiger partial charge >= 0.3 is 0 Å². The zero-order chi connectivity index (χ0) is 17.2. The molecule has 1 aromatic carbocycles. The third-order valence-corrected chi connectivity index (χ3v) is 5.44. The van der Waals surface area contributed by atoms with Gasteiger partial charge in [-0.15, -0.1) is 0 Å². The number of nitrogens with one attached hydrogen (secondary N) is 1. The lowest BCUT2D eigenvalue weighted by Crippen LogP contribution is -2.58. The number of benzene rings is 1. The van der Waals surface area contributed by atoms with E-state index in [0.29, 0.717) is 13.2 Å². The van der Waals surface area contributed by atoms with Crippen LogP contribution in [0.15, 0.2) is 30.3 Å². The van der Waals surface area contributed by atoms with E-state index < -0.39 is 5.41 Å². The molecule has 2 aliphatic heterocycles. The zero-order valence-electron chi connectivity index (χ0n) is 15.0. The number of hydrogen-bond acceptors (Lipinski definition) is 4. The highest BCUT2D eigenvalue weighted by Crippen LogP contribution is 2.24. The summed E-state index contributed by atoms with van der Waals surface area (Å²) in [5.74, 6) is 0.0725. The van der Waals surface area contributed by atoms with E-state index in [4.69, 9.17) is 4.74 Å². The highest BCUT2D eigenvalue weighted by molar-refractivity contribution is 5.87. The molecule has 1 aromatic rings. The van der Waals surface area contributed by atoms with Crippen LogP contribution < -0.4 is 5.32 Å². The Morgan fingerprint density at radius 3 is 2.46 bits per heavy atom. The fraction of sp³-hybridized carbons (Fsp3) is 0.632. The average Bonchev–Trinajstić information content (AvgIpc) is 3.04. The van der Waals surface area contributed by atoms with Gasteiger partial charge in [-0.2, -0.15) is 0 Å². The SMILES string of the molecule is CN1CCN([C@H]2COC[C@@H]2NC(=O)C(C)(C)c2ccccc2)CC1. The predicted molar refractivity (Wildman–Crippen MR) is 95.1 cm³/mol. The summed E-state index contributed by atoms with van der Waals surface area (Å²) in [6.45, 7) is 9.52. The maximum Gasteiger partial charge on any atom is 0.230 e. The van der Waals surface area contributed by atoms with E-state index >= 15 is 0 Å². The number of hydrogen-bond donors (Lipinski definition) is 1. The molecule has 2 aliphatic rings. The first-order valence-electron chi connectivity index (χ1n) is 8.85. The number of carbonyl (C=O) groups is 1. The maximum absolute atomic E-state index is 12.9. The van der Waals surface area contributed by atoms with E-state index in [2.05, 4.69) is 22.2 Å².